The van der Waals surface area contributed by atoms with Crippen molar-refractivity contribution < 1.29 is 23.9 Å². The number of benzene rings is 1. The van der Waals surface area contributed by atoms with E-state index in [0.717, 1.165) is 6.33 Å². The van der Waals surface area contributed by atoms with Crippen molar-refractivity contribution in [2.45, 2.75) is 0 Å². The molecule has 0 spiro atoms. The average Bonchev–Trinajstić information content (AvgIpc) is 2.53. The van der Waals surface area contributed by atoms with E-state index < -0.39 is 16.6 Å². The van der Waals surface area contributed by atoms with Crippen LogP contribution in [0.1, 0.15) is 10.4 Å². The second-order valence-electron chi connectivity index (χ2n) is 3.92. The lowest BCUT2D eigenvalue weighted by Crippen LogP contribution is -2.03. The molecule has 0 aliphatic rings. The van der Waals surface area contributed by atoms with Crippen molar-refractivity contribution in [3.05, 3.63) is 46.3 Å². The number of hydrogen-bond donors (Lipinski definition) is 0. The minimum atomic E-state index is -0.710. The highest BCUT2D eigenvalue weighted by Crippen LogP contribution is 2.35. The first-order valence-corrected chi connectivity index (χ1v) is 5.96. The molecular formula is C13H11N3O6. The summed E-state index contributed by atoms with van der Waals surface area (Å²) in [6, 6.07) is 5.97. The number of ether oxygens (including phenoxy) is 3. The van der Waals surface area contributed by atoms with Gasteiger partial charge in [-0.2, -0.15) is 9.97 Å². The topological polar surface area (TPSA) is 114 Å². The molecule has 0 N–H and O–H groups in total. The highest BCUT2D eigenvalue weighted by molar-refractivity contribution is 5.89. The minimum absolute atomic E-state index is 0.187. The number of carbonyl (C=O) groups excluding carboxylic acids is 1. The average molecular weight is 305 g/mol. The fourth-order valence-electron chi connectivity index (χ4n) is 1.64. The SMILES string of the molecule is COC(=O)c1cccc(Oc2ncnc(OC)c2[N+](=O)[O-])c1. The van der Waals surface area contributed by atoms with E-state index in [9.17, 15) is 14.9 Å². The zero-order valence-corrected chi connectivity index (χ0v) is 11.7. The van der Waals surface area contributed by atoms with E-state index in [1.54, 1.807) is 6.07 Å². The third-order valence-corrected chi connectivity index (χ3v) is 2.60. The molecule has 2 aromatic rings. The molecule has 0 saturated carbocycles. The molecule has 0 aliphatic heterocycles. The standard InChI is InChI=1S/C13H11N3O6/c1-20-11-10(16(18)19)12(15-7-14-11)22-9-5-3-4-8(6-9)13(17)21-2/h3-7H,1-2H3. The lowest BCUT2D eigenvalue weighted by Gasteiger charge is -2.07. The summed E-state index contributed by atoms with van der Waals surface area (Å²) in [5.74, 6) is -0.884. The Morgan fingerprint density at radius 1 is 1.23 bits per heavy atom. The third-order valence-electron chi connectivity index (χ3n) is 2.60. The summed E-state index contributed by atoms with van der Waals surface area (Å²) in [5.41, 5.74) is -0.267. The number of aromatic nitrogens is 2. The van der Waals surface area contributed by atoms with Gasteiger partial charge in [-0.05, 0) is 18.2 Å². The predicted molar refractivity (Wildman–Crippen MR) is 73.1 cm³/mol. The monoisotopic (exact) mass is 305 g/mol. The molecule has 1 aromatic heterocycles. The van der Waals surface area contributed by atoms with Crippen molar-refractivity contribution in [1.82, 2.24) is 9.97 Å². The summed E-state index contributed by atoms with van der Waals surface area (Å²) in [6.07, 6.45) is 1.07. The van der Waals surface area contributed by atoms with Gasteiger partial charge in [-0.3, -0.25) is 10.1 Å². The summed E-state index contributed by atoms with van der Waals surface area (Å²) in [4.78, 5) is 29.2. The molecule has 1 heterocycles. The Hall–Kier alpha value is -3.23. The largest absolute Gasteiger partial charge is 0.476 e. The molecular weight excluding hydrogens is 294 g/mol. The number of esters is 1. The van der Waals surface area contributed by atoms with Crippen LogP contribution in [0, 0.1) is 10.1 Å². The van der Waals surface area contributed by atoms with Crippen molar-refractivity contribution in [3.8, 4) is 17.5 Å². The summed E-state index contributed by atoms with van der Waals surface area (Å²) in [5, 5.41) is 11.1. The van der Waals surface area contributed by atoms with Crippen molar-refractivity contribution in [2.24, 2.45) is 0 Å². The molecule has 0 radical (unpaired) electrons. The van der Waals surface area contributed by atoms with Crippen LogP contribution in [0.2, 0.25) is 0 Å². The lowest BCUT2D eigenvalue weighted by molar-refractivity contribution is -0.387. The van der Waals surface area contributed by atoms with Crippen LogP contribution in [-0.2, 0) is 4.74 Å². The smallest absolute Gasteiger partial charge is 0.392 e. The van der Waals surface area contributed by atoms with Gasteiger partial charge in [0, 0.05) is 0 Å². The highest BCUT2D eigenvalue weighted by Gasteiger charge is 2.26. The van der Waals surface area contributed by atoms with E-state index in [1.807, 2.05) is 0 Å². The van der Waals surface area contributed by atoms with Crippen LogP contribution >= 0.6 is 0 Å². The first-order chi connectivity index (χ1) is 10.6. The number of rotatable bonds is 5. The summed E-state index contributed by atoms with van der Waals surface area (Å²) < 4.78 is 14.8. The summed E-state index contributed by atoms with van der Waals surface area (Å²) in [6.45, 7) is 0. The molecule has 0 atom stereocenters. The van der Waals surface area contributed by atoms with E-state index in [-0.39, 0.29) is 23.1 Å². The van der Waals surface area contributed by atoms with E-state index in [2.05, 4.69) is 14.7 Å². The number of hydrogen-bond acceptors (Lipinski definition) is 8. The maximum Gasteiger partial charge on any atom is 0.392 e. The molecule has 114 valence electrons. The van der Waals surface area contributed by atoms with Gasteiger partial charge in [0.15, 0.2) is 0 Å². The van der Waals surface area contributed by atoms with Gasteiger partial charge in [0.2, 0.25) is 0 Å². The molecule has 9 nitrogen and oxygen atoms in total. The fourth-order valence-corrected chi connectivity index (χ4v) is 1.64. The first kappa shape index (κ1) is 15.2. The Kier molecular flexibility index (Phi) is 4.47. The van der Waals surface area contributed by atoms with Crippen LogP contribution in [0.4, 0.5) is 5.69 Å². The molecule has 2 rings (SSSR count). The Morgan fingerprint density at radius 2 is 1.95 bits per heavy atom. The molecule has 0 unspecified atom stereocenters. The molecule has 0 aliphatic carbocycles. The van der Waals surface area contributed by atoms with Crippen molar-refractivity contribution >= 4 is 11.7 Å². The van der Waals surface area contributed by atoms with Crippen molar-refractivity contribution in [1.29, 1.82) is 0 Å². The Morgan fingerprint density at radius 3 is 2.59 bits per heavy atom. The second kappa shape index (κ2) is 6.48. The van der Waals surface area contributed by atoms with Gasteiger partial charge < -0.3 is 14.2 Å². The second-order valence-corrected chi connectivity index (χ2v) is 3.92. The maximum atomic E-state index is 11.5. The van der Waals surface area contributed by atoms with Gasteiger partial charge in [-0.1, -0.05) is 6.07 Å². The summed E-state index contributed by atoms with van der Waals surface area (Å²) >= 11 is 0. The molecule has 1 aromatic carbocycles. The van der Waals surface area contributed by atoms with Crippen LogP contribution in [0.25, 0.3) is 0 Å². The van der Waals surface area contributed by atoms with Crippen molar-refractivity contribution in [2.75, 3.05) is 14.2 Å². The Bertz CT molecular complexity index is 719. The number of carbonyl (C=O) groups is 1. The number of methoxy groups -OCH3 is 2. The van der Waals surface area contributed by atoms with Gasteiger partial charge in [-0.15, -0.1) is 0 Å². The number of nitro groups is 1. The molecule has 0 bridgehead atoms. The Balaban J connectivity index is 2.39. The third kappa shape index (κ3) is 3.08. The predicted octanol–water partition coefficient (Wildman–Crippen LogP) is 1.97. The van der Waals surface area contributed by atoms with Gasteiger partial charge in [0.05, 0.1) is 24.7 Å². The lowest BCUT2D eigenvalue weighted by atomic mass is 10.2. The van der Waals surface area contributed by atoms with Crippen LogP contribution in [0.5, 0.6) is 17.5 Å². The first-order valence-electron chi connectivity index (χ1n) is 5.96. The molecule has 0 saturated heterocycles. The molecule has 0 amide bonds. The van der Waals surface area contributed by atoms with E-state index in [4.69, 9.17) is 9.47 Å². The Labute approximate surface area is 124 Å². The maximum absolute atomic E-state index is 11.5. The zero-order valence-electron chi connectivity index (χ0n) is 11.7. The quantitative estimate of drug-likeness (QED) is 0.468. The van der Waals surface area contributed by atoms with Crippen LogP contribution < -0.4 is 9.47 Å². The van der Waals surface area contributed by atoms with Gasteiger partial charge in [-0.25, -0.2) is 4.79 Å². The van der Waals surface area contributed by atoms with Crippen molar-refractivity contribution in [3.63, 3.8) is 0 Å². The van der Waals surface area contributed by atoms with Crippen LogP contribution in [-0.4, -0.2) is 35.1 Å². The molecule has 22 heavy (non-hydrogen) atoms. The van der Waals surface area contributed by atoms with E-state index >= 15 is 0 Å². The zero-order chi connectivity index (χ0) is 16.1. The van der Waals surface area contributed by atoms with Gasteiger partial charge in [0.1, 0.15) is 12.1 Å². The number of nitrogens with zero attached hydrogens (tertiary/aromatic N) is 3. The van der Waals surface area contributed by atoms with Crippen LogP contribution in [0.15, 0.2) is 30.6 Å². The van der Waals surface area contributed by atoms with E-state index in [1.165, 1.54) is 32.4 Å². The van der Waals surface area contributed by atoms with Crippen LogP contribution in [0.3, 0.4) is 0 Å². The normalized spacial score (nSPS) is 9.91. The fraction of sp³-hybridized carbons (Fsp3) is 0.154. The van der Waals surface area contributed by atoms with E-state index in [0.29, 0.717) is 0 Å². The highest BCUT2D eigenvalue weighted by atomic mass is 16.6. The minimum Gasteiger partial charge on any atom is -0.476 e. The van der Waals surface area contributed by atoms with Gasteiger partial charge >= 0.3 is 23.4 Å². The van der Waals surface area contributed by atoms with Gasteiger partial charge in [0.25, 0.3) is 0 Å². The molecule has 0 fully saturated rings. The summed E-state index contributed by atoms with van der Waals surface area (Å²) in [7, 11) is 2.49. The molecule has 9 heteroatoms.